The van der Waals surface area contributed by atoms with Gasteiger partial charge < -0.3 is 15.0 Å². The Morgan fingerprint density at radius 3 is 2.51 bits per heavy atom. The van der Waals surface area contributed by atoms with E-state index in [-0.39, 0.29) is 17.0 Å². The van der Waals surface area contributed by atoms with Crippen molar-refractivity contribution in [2.24, 2.45) is 0 Å². The number of aromatic nitrogens is 3. The van der Waals surface area contributed by atoms with Crippen LogP contribution in [0.5, 0.6) is 5.75 Å². The number of hydrogen-bond donors (Lipinski definition) is 2. The van der Waals surface area contributed by atoms with Crippen LogP contribution in [0, 0.1) is 5.82 Å². The molecule has 9 heteroatoms. The lowest BCUT2D eigenvalue weighted by atomic mass is 10.1. The van der Waals surface area contributed by atoms with Crippen LogP contribution in [0.2, 0.25) is 0 Å². The first-order chi connectivity index (χ1) is 18.0. The third kappa shape index (κ3) is 5.12. The number of benzene rings is 3. The van der Waals surface area contributed by atoms with Gasteiger partial charge in [-0.2, -0.15) is 0 Å². The Labute approximate surface area is 216 Å². The van der Waals surface area contributed by atoms with Gasteiger partial charge in [0.25, 0.3) is 5.56 Å². The molecule has 2 heterocycles. The minimum atomic E-state index is -0.522. The number of fused-ring (bicyclic) bond motifs is 1. The lowest BCUT2D eigenvalue weighted by molar-refractivity contribution is -0.113. The number of aromatic amines is 1. The summed E-state index contributed by atoms with van der Waals surface area (Å²) in [6.07, 6.45) is 1.76. The van der Waals surface area contributed by atoms with Gasteiger partial charge in [-0.3, -0.25) is 14.2 Å². The second-order valence-corrected chi connectivity index (χ2v) is 9.01. The molecule has 0 saturated heterocycles. The second-order valence-electron chi connectivity index (χ2n) is 8.07. The van der Waals surface area contributed by atoms with Crippen molar-refractivity contribution in [2.75, 3.05) is 17.7 Å². The summed E-state index contributed by atoms with van der Waals surface area (Å²) in [6.45, 7) is 2.42. The number of amides is 1. The molecule has 2 aromatic heterocycles. The Balaban J connectivity index is 1.55. The van der Waals surface area contributed by atoms with Crippen LogP contribution in [0.25, 0.3) is 27.8 Å². The SMILES string of the molecule is CCOc1ccc(-n2c(SCC(=O)Nc3ccccc3F)nc3c(-c4ccccc4)c[nH]c3c2=O)cc1. The van der Waals surface area contributed by atoms with E-state index in [0.29, 0.717) is 34.2 Å². The van der Waals surface area contributed by atoms with Gasteiger partial charge in [0.05, 0.1) is 23.7 Å². The van der Waals surface area contributed by atoms with Crippen LogP contribution in [0.1, 0.15) is 6.92 Å². The van der Waals surface area contributed by atoms with E-state index in [2.05, 4.69) is 10.3 Å². The average Bonchev–Trinajstić information content (AvgIpc) is 3.35. The second kappa shape index (κ2) is 10.7. The molecule has 0 aliphatic heterocycles. The van der Waals surface area contributed by atoms with E-state index in [0.717, 1.165) is 22.9 Å². The fourth-order valence-corrected chi connectivity index (χ4v) is 4.74. The summed E-state index contributed by atoms with van der Waals surface area (Å²) in [4.78, 5) is 34.2. The number of hydrogen-bond acceptors (Lipinski definition) is 5. The van der Waals surface area contributed by atoms with Crippen LogP contribution in [-0.4, -0.2) is 32.8 Å². The van der Waals surface area contributed by atoms with Crippen molar-refractivity contribution in [3.63, 3.8) is 0 Å². The zero-order valence-electron chi connectivity index (χ0n) is 19.9. The topological polar surface area (TPSA) is 89.0 Å². The molecular formula is C28H23FN4O3S. The Morgan fingerprint density at radius 1 is 1.05 bits per heavy atom. The van der Waals surface area contributed by atoms with Gasteiger partial charge in [0, 0.05) is 11.8 Å². The average molecular weight is 515 g/mol. The monoisotopic (exact) mass is 514 g/mol. The van der Waals surface area contributed by atoms with Crippen LogP contribution < -0.4 is 15.6 Å². The summed E-state index contributed by atoms with van der Waals surface area (Å²) < 4.78 is 21.0. The number of halogens is 1. The molecule has 0 aliphatic carbocycles. The Hall–Kier alpha value is -4.37. The van der Waals surface area contributed by atoms with Crippen LogP contribution >= 0.6 is 11.8 Å². The molecule has 0 fully saturated rings. The standard InChI is InChI=1S/C28H23FN4O3S/c1-2-36-20-14-12-19(13-15-20)33-27(35)26-25(21(16-30-26)18-8-4-3-5-9-18)32-28(33)37-17-24(34)31-23-11-7-6-10-22(23)29/h3-16,30H,2,17H2,1H3,(H,31,34). The van der Waals surface area contributed by atoms with E-state index in [1.807, 2.05) is 37.3 Å². The van der Waals surface area contributed by atoms with Gasteiger partial charge in [-0.15, -0.1) is 0 Å². The van der Waals surface area contributed by atoms with Crippen LogP contribution in [0.4, 0.5) is 10.1 Å². The Kier molecular flexibility index (Phi) is 7.04. The number of H-pyrrole nitrogens is 1. The van der Waals surface area contributed by atoms with Crippen molar-refractivity contribution in [1.29, 1.82) is 0 Å². The van der Waals surface area contributed by atoms with Gasteiger partial charge >= 0.3 is 0 Å². The maximum Gasteiger partial charge on any atom is 0.283 e. The predicted octanol–water partition coefficient (Wildman–Crippen LogP) is 5.65. The highest BCUT2D eigenvalue weighted by molar-refractivity contribution is 7.99. The molecule has 186 valence electrons. The molecule has 3 aromatic carbocycles. The third-order valence-corrected chi connectivity index (χ3v) is 6.58. The molecular weight excluding hydrogens is 491 g/mol. The number of carbonyl (C=O) groups excluding carboxylic acids is 1. The highest BCUT2D eigenvalue weighted by Gasteiger charge is 2.19. The lowest BCUT2D eigenvalue weighted by Crippen LogP contribution is -2.23. The first-order valence-corrected chi connectivity index (χ1v) is 12.6. The summed E-state index contributed by atoms with van der Waals surface area (Å²) in [5, 5.41) is 2.91. The molecule has 0 aliphatic rings. The van der Waals surface area contributed by atoms with Crippen LogP contribution in [0.15, 0.2) is 95.0 Å². The number of nitrogens with zero attached hydrogens (tertiary/aromatic N) is 2. The van der Waals surface area contributed by atoms with E-state index < -0.39 is 11.7 Å². The number of para-hydroxylation sites is 1. The van der Waals surface area contributed by atoms with Crippen LogP contribution in [0.3, 0.4) is 0 Å². The summed E-state index contributed by atoms with van der Waals surface area (Å²) in [6, 6.07) is 22.7. The van der Waals surface area contributed by atoms with Gasteiger partial charge in [0.15, 0.2) is 5.16 Å². The minimum absolute atomic E-state index is 0.0750. The number of nitrogens with one attached hydrogen (secondary N) is 2. The fraction of sp³-hybridized carbons (Fsp3) is 0.107. The smallest absolute Gasteiger partial charge is 0.283 e. The van der Waals surface area contributed by atoms with Crippen molar-refractivity contribution < 1.29 is 13.9 Å². The molecule has 2 N–H and O–H groups in total. The van der Waals surface area contributed by atoms with Crippen molar-refractivity contribution in [3.8, 4) is 22.6 Å². The summed E-state index contributed by atoms with van der Waals surface area (Å²) in [5.41, 5.74) is 2.93. The maximum absolute atomic E-state index is 14.0. The molecule has 5 rings (SSSR count). The molecule has 37 heavy (non-hydrogen) atoms. The van der Waals surface area contributed by atoms with Crippen molar-refractivity contribution >= 4 is 34.4 Å². The highest BCUT2D eigenvalue weighted by atomic mass is 32.2. The van der Waals surface area contributed by atoms with Crippen LogP contribution in [-0.2, 0) is 4.79 Å². The Morgan fingerprint density at radius 2 is 1.78 bits per heavy atom. The third-order valence-electron chi connectivity index (χ3n) is 5.64. The number of anilines is 1. The first kappa shape index (κ1) is 24.3. The van der Waals surface area contributed by atoms with E-state index in [1.165, 1.54) is 16.7 Å². The highest BCUT2D eigenvalue weighted by Crippen LogP contribution is 2.29. The largest absolute Gasteiger partial charge is 0.494 e. The van der Waals surface area contributed by atoms with Gasteiger partial charge in [0.1, 0.15) is 22.6 Å². The lowest BCUT2D eigenvalue weighted by Gasteiger charge is -2.13. The van der Waals surface area contributed by atoms with E-state index in [1.54, 1.807) is 42.6 Å². The van der Waals surface area contributed by atoms with E-state index in [4.69, 9.17) is 9.72 Å². The molecule has 1 amide bonds. The molecule has 0 radical (unpaired) electrons. The zero-order chi connectivity index (χ0) is 25.8. The van der Waals surface area contributed by atoms with Gasteiger partial charge in [-0.05, 0) is 48.9 Å². The van der Waals surface area contributed by atoms with E-state index in [9.17, 15) is 14.0 Å². The Bertz CT molecular complexity index is 1610. The first-order valence-electron chi connectivity index (χ1n) is 11.6. The number of carbonyl (C=O) groups is 1. The van der Waals surface area contributed by atoms with Gasteiger partial charge in [0.2, 0.25) is 5.91 Å². The molecule has 0 spiro atoms. The summed E-state index contributed by atoms with van der Waals surface area (Å²) >= 11 is 1.10. The molecule has 0 bridgehead atoms. The molecule has 5 aromatic rings. The normalized spacial score (nSPS) is 11.0. The molecule has 0 saturated carbocycles. The molecule has 0 atom stereocenters. The fourth-order valence-electron chi connectivity index (χ4n) is 3.94. The van der Waals surface area contributed by atoms with Gasteiger partial charge in [-0.1, -0.05) is 54.2 Å². The zero-order valence-corrected chi connectivity index (χ0v) is 20.7. The number of thioether (sulfide) groups is 1. The van der Waals surface area contributed by atoms with Crippen molar-refractivity contribution in [2.45, 2.75) is 12.1 Å². The summed E-state index contributed by atoms with van der Waals surface area (Å²) in [7, 11) is 0. The van der Waals surface area contributed by atoms with E-state index >= 15 is 0 Å². The minimum Gasteiger partial charge on any atom is -0.494 e. The summed E-state index contributed by atoms with van der Waals surface area (Å²) in [5.74, 6) is -0.335. The number of ether oxygens (including phenoxy) is 1. The quantitative estimate of drug-likeness (QED) is 0.206. The van der Waals surface area contributed by atoms with Crippen molar-refractivity contribution in [3.05, 3.63) is 101 Å². The predicted molar refractivity (Wildman–Crippen MR) is 144 cm³/mol. The van der Waals surface area contributed by atoms with Gasteiger partial charge in [-0.25, -0.2) is 9.37 Å². The van der Waals surface area contributed by atoms with Crippen molar-refractivity contribution in [1.82, 2.24) is 14.5 Å². The number of rotatable bonds is 8. The maximum atomic E-state index is 14.0. The molecule has 0 unspecified atom stereocenters. The molecule has 7 nitrogen and oxygen atoms in total.